The molecular weight excluding hydrogens is 621 g/mol. The van der Waals surface area contributed by atoms with Gasteiger partial charge < -0.3 is 25.9 Å². The molecule has 1 aliphatic heterocycles. The van der Waals surface area contributed by atoms with Gasteiger partial charge in [0.25, 0.3) is 5.91 Å². The number of primary amides is 1. The van der Waals surface area contributed by atoms with Gasteiger partial charge in [-0.2, -0.15) is 5.10 Å². The summed E-state index contributed by atoms with van der Waals surface area (Å²) in [5.41, 5.74) is 11.9. The molecule has 15 heteroatoms. The van der Waals surface area contributed by atoms with E-state index in [-0.39, 0.29) is 36.2 Å². The number of aromatic nitrogens is 4. The van der Waals surface area contributed by atoms with Gasteiger partial charge in [-0.15, -0.1) is 0 Å². The fourth-order valence-corrected chi connectivity index (χ4v) is 5.42. The van der Waals surface area contributed by atoms with E-state index in [1.807, 2.05) is 13.8 Å². The molecule has 3 heterocycles. The number of fused-ring (bicyclic) bond motifs is 1. The number of halogens is 1. The first-order chi connectivity index (χ1) is 23.2. The zero-order chi connectivity index (χ0) is 34.0. The number of benzene rings is 2. The molecule has 1 fully saturated rings. The molecule has 4 aromatic rings. The van der Waals surface area contributed by atoms with E-state index in [1.165, 1.54) is 12.1 Å². The molecule has 1 saturated heterocycles. The smallest absolute Gasteiger partial charge is 0.276 e. The summed E-state index contributed by atoms with van der Waals surface area (Å²) in [6.07, 6.45) is 1.40. The third-order valence-corrected chi connectivity index (χ3v) is 7.89. The number of ether oxygens (including phenoxy) is 2. The predicted molar refractivity (Wildman–Crippen MR) is 178 cm³/mol. The number of carbonyl (C=O) groups is 3. The number of amides is 3. The number of nitrogens with two attached hydrogens (primary N) is 1. The largest absolute Gasteiger partial charge is 0.491 e. The van der Waals surface area contributed by atoms with Crippen LogP contribution >= 0.6 is 0 Å². The number of rotatable bonds is 16. The highest BCUT2D eigenvalue weighted by Crippen LogP contribution is 2.30. The van der Waals surface area contributed by atoms with Crippen molar-refractivity contribution in [2.75, 3.05) is 56.7 Å². The zero-order valence-corrected chi connectivity index (χ0v) is 27.3. The van der Waals surface area contributed by atoms with Crippen LogP contribution in [0.25, 0.3) is 11.0 Å². The lowest BCUT2D eigenvalue weighted by Crippen LogP contribution is -2.37. The van der Waals surface area contributed by atoms with Crippen LogP contribution in [0.15, 0.2) is 42.5 Å². The van der Waals surface area contributed by atoms with Crippen molar-refractivity contribution in [2.45, 2.75) is 46.2 Å². The van der Waals surface area contributed by atoms with E-state index in [1.54, 1.807) is 39.7 Å². The topological polar surface area (TPSA) is 171 Å². The summed E-state index contributed by atoms with van der Waals surface area (Å²) < 4.78 is 28.1. The van der Waals surface area contributed by atoms with E-state index in [0.29, 0.717) is 67.5 Å². The highest BCUT2D eigenvalue weighted by molar-refractivity contribution is 6.04. The van der Waals surface area contributed by atoms with E-state index in [0.717, 1.165) is 31.6 Å². The summed E-state index contributed by atoms with van der Waals surface area (Å²) >= 11 is 0. The molecule has 0 unspecified atom stereocenters. The van der Waals surface area contributed by atoms with Gasteiger partial charge in [0.1, 0.15) is 22.8 Å². The Balaban J connectivity index is 1.34. The molecule has 5 N–H and O–H groups in total. The third-order valence-electron chi connectivity index (χ3n) is 7.89. The molecule has 1 aliphatic rings. The quantitative estimate of drug-likeness (QED) is 0.132. The maximum Gasteiger partial charge on any atom is 0.276 e. The number of anilines is 1. The summed E-state index contributed by atoms with van der Waals surface area (Å²) in [5, 5.41) is 10.1. The predicted octanol–water partition coefficient (Wildman–Crippen LogP) is 2.79. The summed E-state index contributed by atoms with van der Waals surface area (Å²) in [6, 6.07) is 10.8. The maximum absolute atomic E-state index is 13.4. The van der Waals surface area contributed by atoms with Gasteiger partial charge in [-0.05, 0) is 62.6 Å². The third kappa shape index (κ3) is 8.86. The molecule has 3 amide bonds. The first-order valence-corrected chi connectivity index (χ1v) is 16.1. The SMILES string of the molecule is CCn1nc(C)cc1C(=O)Nc1nc2cc(C(N)=O)cc(OCCCN3CCOCC3)c2n1NCCCC(=O)NCc1ccc(F)cc1. The fourth-order valence-electron chi connectivity index (χ4n) is 5.42. The van der Waals surface area contributed by atoms with Crippen molar-refractivity contribution >= 4 is 34.7 Å². The summed E-state index contributed by atoms with van der Waals surface area (Å²) in [6.45, 7) is 9.15. The van der Waals surface area contributed by atoms with Crippen LogP contribution < -0.4 is 26.5 Å². The first-order valence-electron chi connectivity index (χ1n) is 16.1. The number of morpholine rings is 1. The van der Waals surface area contributed by atoms with E-state index in [2.05, 4.69) is 31.0 Å². The van der Waals surface area contributed by atoms with Crippen LogP contribution in [0, 0.1) is 12.7 Å². The van der Waals surface area contributed by atoms with Crippen molar-refractivity contribution in [1.82, 2.24) is 29.7 Å². The van der Waals surface area contributed by atoms with Crippen LogP contribution in [0.4, 0.5) is 10.3 Å². The monoisotopic (exact) mass is 663 g/mol. The minimum absolute atomic E-state index is 0.163. The summed E-state index contributed by atoms with van der Waals surface area (Å²) in [7, 11) is 0. The number of hydrogen-bond donors (Lipinski definition) is 4. The second-order valence-electron chi connectivity index (χ2n) is 11.5. The highest BCUT2D eigenvalue weighted by atomic mass is 19.1. The molecule has 0 spiro atoms. The molecule has 5 rings (SSSR count). The Labute approximate surface area is 277 Å². The van der Waals surface area contributed by atoms with Crippen LogP contribution in [0.1, 0.15) is 58.3 Å². The van der Waals surface area contributed by atoms with E-state index in [9.17, 15) is 18.8 Å². The average Bonchev–Trinajstić information content (AvgIpc) is 3.64. The van der Waals surface area contributed by atoms with Gasteiger partial charge in [0, 0.05) is 51.3 Å². The van der Waals surface area contributed by atoms with Crippen molar-refractivity contribution in [3.63, 3.8) is 0 Å². The summed E-state index contributed by atoms with van der Waals surface area (Å²) in [4.78, 5) is 45.2. The fraction of sp³-hybridized carbons (Fsp3) is 0.424. The van der Waals surface area contributed by atoms with Crippen molar-refractivity contribution < 1.29 is 28.2 Å². The Kier molecular flexibility index (Phi) is 11.6. The Morgan fingerprint density at radius 1 is 1.08 bits per heavy atom. The van der Waals surface area contributed by atoms with Crippen molar-refractivity contribution in [2.24, 2.45) is 5.73 Å². The van der Waals surface area contributed by atoms with Gasteiger partial charge >= 0.3 is 0 Å². The van der Waals surface area contributed by atoms with Crippen LogP contribution in [-0.4, -0.2) is 88.1 Å². The lowest BCUT2D eigenvalue weighted by atomic mass is 10.1. The number of nitrogens with zero attached hydrogens (tertiary/aromatic N) is 5. The van der Waals surface area contributed by atoms with E-state index in [4.69, 9.17) is 15.2 Å². The van der Waals surface area contributed by atoms with Gasteiger partial charge in [0.05, 0.1) is 31.0 Å². The van der Waals surface area contributed by atoms with Crippen LogP contribution in [0.2, 0.25) is 0 Å². The lowest BCUT2D eigenvalue weighted by Gasteiger charge is -2.26. The number of carbonyl (C=O) groups excluding carboxylic acids is 3. The van der Waals surface area contributed by atoms with E-state index >= 15 is 0 Å². The first kappa shape index (κ1) is 34.3. The molecule has 0 aliphatic carbocycles. The Morgan fingerprint density at radius 3 is 2.58 bits per heavy atom. The number of imidazole rings is 1. The van der Waals surface area contributed by atoms with E-state index < -0.39 is 11.8 Å². The Morgan fingerprint density at radius 2 is 1.85 bits per heavy atom. The number of nitrogens with one attached hydrogen (secondary N) is 3. The van der Waals surface area contributed by atoms with Gasteiger partial charge in [0.15, 0.2) is 0 Å². The van der Waals surface area contributed by atoms with Crippen LogP contribution in [0.5, 0.6) is 5.75 Å². The number of aryl methyl sites for hydroxylation is 2. The average molecular weight is 664 g/mol. The van der Waals surface area contributed by atoms with Crippen molar-refractivity contribution in [3.05, 3.63) is 70.8 Å². The molecule has 2 aromatic carbocycles. The molecule has 0 atom stereocenters. The minimum Gasteiger partial charge on any atom is -0.491 e. The van der Waals surface area contributed by atoms with Crippen LogP contribution in [-0.2, 0) is 22.6 Å². The van der Waals surface area contributed by atoms with Crippen molar-refractivity contribution in [3.8, 4) is 5.75 Å². The van der Waals surface area contributed by atoms with Gasteiger partial charge in [0.2, 0.25) is 17.8 Å². The lowest BCUT2D eigenvalue weighted by molar-refractivity contribution is -0.121. The van der Waals surface area contributed by atoms with Crippen LogP contribution in [0.3, 0.4) is 0 Å². The molecule has 0 radical (unpaired) electrons. The highest BCUT2D eigenvalue weighted by Gasteiger charge is 2.22. The summed E-state index contributed by atoms with van der Waals surface area (Å²) in [5.74, 6) is -1.02. The van der Waals surface area contributed by atoms with Gasteiger partial charge in [-0.25, -0.2) is 14.1 Å². The second-order valence-corrected chi connectivity index (χ2v) is 11.5. The maximum atomic E-state index is 13.4. The molecular formula is C33H42FN9O5. The Bertz CT molecular complexity index is 1730. The molecule has 48 heavy (non-hydrogen) atoms. The number of hydrogen-bond acceptors (Lipinski definition) is 9. The van der Waals surface area contributed by atoms with Gasteiger partial charge in [-0.3, -0.25) is 29.3 Å². The molecule has 256 valence electrons. The minimum atomic E-state index is -0.642. The van der Waals surface area contributed by atoms with Gasteiger partial charge in [-0.1, -0.05) is 12.1 Å². The zero-order valence-electron chi connectivity index (χ0n) is 27.3. The van der Waals surface area contributed by atoms with Crippen molar-refractivity contribution in [1.29, 1.82) is 0 Å². The normalized spacial score (nSPS) is 13.4. The molecule has 0 bridgehead atoms. The second kappa shape index (κ2) is 16.2. The molecule has 0 saturated carbocycles. The standard InChI is InChI=1S/C33H42FN9O5/c1-3-42-27(18-22(2)40-42)32(46)39-33-38-26-19-24(31(35)45)20-28(48-15-5-12-41-13-16-47-17-14-41)30(26)43(33)37-11-4-6-29(44)36-21-23-7-9-25(34)10-8-23/h7-10,18-20,37H,3-6,11-17,21H2,1-2H3,(H2,35,45)(H,36,44)(H,38,39,46). The Hall–Kier alpha value is -5.02. The molecule has 2 aromatic heterocycles. The molecule has 14 nitrogen and oxygen atoms in total.